The van der Waals surface area contributed by atoms with E-state index in [2.05, 4.69) is 16.3 Å². The highest BCUT2D eigenvalue weighted by atomic mass is 35.5. The lowest BCUT2D eigenvalue weighted by Crippen LogP contribution is -2.38. The van der Waals surface area contributed by atoms with Gasteiger partial charge >= 0.3 is 0 Å². The first kappa shape index (κ1) is 15.8. The first-order valence-electron chi connectivity index (χ1n) is 7.23. The van der Waals surface area contributed by atoms with E-state index in [1.165, 1.54) is 0 Å². The molecule has 2 rings (SSSR count). The van der Waals surface area contributed by atoms with Crippen LogP contribution in [0.2, 0.25) is 5.02 Å². The van der Waals surface area contributed by atoms with Gasteiger partial charge in [0.2, 0.25) is 0 Å². The minimum atomic E-state index is -0.0694. The van der Waals surface area contributed by atoms with Crippen LogP contribution in [0.25, 0.3) is 0 Å². The van der Waals surface area contributed by atoms with Gasteiger partial charge in [-0.3, -0.25) is 9.69 Å². The third-order valence-corrected chi connectivity index (χ3v) is 4.08. The van der Waals surface area contributed by atoms with E-state index < -0.39 is 0 Å². The van der Waals surface area contributed by atoms with Crippen molar-refractivity contribution < 1.29 is 4.79 Å². The number of benzene rings is 1. The topological polar surface area (TPSA) is 56.1 Å². The lowest BCUT2D eigenvalue weighted by atomic mass is 9.96. The van der Waals surface area contributed by atoms with Gasteiger partial charge in [0.15, 0.2) is 0 Å². The highest BCUT2D eigenvalue weighted by Crippen LogP contribution is 2.17. The maximum absolute atomic E-state index is 12.1. The van der Waals surface area contributed by atoms with Crippen LogP contribution in [0.5, 0.6) is 0 Å². The Kier molecular flexibility index (Phi) is 5.60. The number of nitrogens with one attached hydrogen (secondary N) is 1. The van der Waals surface area contributed by atoms with Crippen LogP contribution in [0.4, 0.5) is 0 Å². The van der Waals surface area contributed by atoms with Crippen molar-refractivity contribution in [2.75, 3.05) is 26.2 Å². The van der Waals surface area contributed by atoms with Crippen LogP contribution in [-0.2, 0) is 0 Å². The molecule has 0 bridgehead atoms. The number of aryl methyl sites for hydroxylation is 1. The largest absolute Gasteiger partial charge is 0.352 e. The van der Waals surface area contributed by atoms with E-state index in [-0.39, 0.29) is 5.91 Å². The van der Waals surface area contributed by atoms with Gasteiger partial charge in [0.25, 0.3) is 5.91 Å². The van der Waals surface area contributed by atoms with Crippen molar-refractivity contribution in [3.8, 4) is 6.07 Å². The highest BCUT2D eigenvalue weighted by Gasteiger charge is 2.19. The summed E-state index contributed by atoms with van der Waals surface area (Å²) in [4.78, 5) is 14.3. The van der Waals surface area contributed by atoms with Gasteiger partial charge < -0.3 is 5.32 Å². The van der Waals surface area contributed by atoms with Gasteiger partial charge in [0.1, 0.15) is 0 Å². The monoisotopic (exact) mass is 305 g/mol. The van der Waals surface area contributed by atoms with Crippen LogP contribution >= 0.6 is 11.6 Å². The smallest absolute Gasteiger partial charge is 0.251 e. The predicted octanol–water partition coefficient (Wildman–Crippen LogP) is 2.61. The molecule has 5 heteroatoms. The third-order valence-electron chi connectivity index (χ3n) is 3.86. The summed E-state index contributed by atoms with van der Waals surface area (Å²) in [6, 6.07) is 7.55. The zero-order valence-corrected chi connectivity index (χ0v) is 13.0. The molecule has 1 aromatic carbocycles. The second kappa shape index (κ2) is 7.44. The van der Waals surface area contributed by atoms with Crippen LogP contribution < -0.4 is 5.32 Å². The SMILES string of the molecule is Cc1cc(Cl)cc(C(=O)NCC2CCN(CC#N)CC2)c1. The quantitative estimate of drug-likeness (QED) is 0.870. The van der Waals surface area contributed by atoms with Crippen LogP contribution in [0, 0.1) is 24.2 Å². The first-order valence-corrected chi connectivity index (χ1v) is 7.61. The van der Waals surface area contributed by atoms with Crippen LogP contribution in [0.15, 0.2) is 18.2 Å². The van der Waals surface area contributed by atoms with E-state index in [9.17, 15) is 4.79 Å². The number of likely N-dealkylation sites (tertiary alicyclic amines) is 1. The van der Waals surface area contributed by atoms with E-state index >= 15 is 0 Å². The Bertz CT molecular complexity index is 525. The standard InChI is InChI=1S/C16H20ClN3O/c1-12-8-14(10-15(17)9-12)16(21)19-11-13-2-5-20(6-3-13)7-4-18/h8-10,13H,2-3,5-7,11H2,1H3,(H,19,21). The van der Waals surface area contributed by atoms with Crippen molar-refractivity contribution in [3.63, 3.8) is 0 Å². The average molecular weight is 306 g/mol. The van der Waals surface area contributed by atoms with E-state index in [0.717, 1.165) is 31.5 Å². The van der Waals surface area contributed by atoms with E-state index in [1.807, 2.05) is 19.1 Å². The van der Waals surface area contributed by atoms with E-state index in [0.29, 0.717) is 29.6 Å². The number of halogens is 1. The van der Waals surface area contributed by atoms with Gasteiger partial charge in [-0.15, -0.1) is 0 Å². The second-order valence-electron chi connectivity index (χ2n) is 5.60. The molecule has 4 nitrogen and oxygen atoms in total. The van der Waals surface area contributed by atoms with Gasteiger partial charge in [-0.25, -0.2) is 0 Å². The average Bonchev–Trinajstić information content (AvgIpc) is 2.45. The van der Waals surface area contributed by atoms with Gasteiger partial charge in [0, 0.05) is 17.1 Å². The molecule has 0 radical (unpaired) electrons. The molecular formula is C16H20ClN3O. The summed E-state index contributed by atoms with van der Waals surface area (Å²) in [5, 5.41) is 12.2. The maximum Gasteiger partial charge on any atom is 0.251 e. The summed E-state index contributed by atoms with van der Waals surface area (Å²) in [6.45, 7) is 4.98. The van der Waals surface area contributed by atoms with E-state index in [4.69, 9.17) is 16.9 Å². The Morgan fingerprint density at radius 1 is 1.43 bits per heavy atom. The van der Waals surface area contributed by atoms with Gasteiger partial charge in [-0.05, 0) is 62.5 Å². The number of piperidine rings is 1. The Morgan fingerprint density at radius 2 is 2.14 bits per heavy atom. The summed E-state index contributed by atoms with van der Waals surface area (Å²) in [5.74, 6) is 0.421. The molecule has 0 aliphatic carbocycles. The zero-order valence-electron chi connectivity index (χ0n) is 12.2. The number of nitriles is 1. The number of nitrogens with zero attached hydrogens (tertiary/aromatic N) is 2. The van der Waals surface area contributed by atoms with Crippen LogP contribution in [0.3, 0.4) is 0 Å². The molecule has 1 N–H and O–H groups in total. The molecule has 0 atom stereocenters. The van der Waals surface area contributed by atoms with Gasteiger partial charge in [-0.2, -0.15) is 5.26 Å². The Labute approximate surface area is 130 Å². The number of carbonyl (C=O) groups excluding carboxylic acids is 1. The first-order chi connectivity index (χ1) is 10.1. The molecule has 112 valence electrons. The Balaban J connectivity index is 1.81. The molecule has 1 saturated heterocycles. The van der Waals surface area contributed by atoms with Crippen molar-refractivity contribution in [1.29, 1.82) is 5.26 Å². The fourth-order valence-corrected chi connectivity index (χ4v) is 2.94. The van der Waals surface area contributed by atoms with Crippen molar-refractivity contribution in [1.82, 2.24) is 10.2 Å². The number of hydrogen-bond acceptors (Lipinski definition) is 3. The molecule has 21 heavy (non-hydrogen) atoms. The molecule has 1 amide bonds. The molecule has 1 fully saturated rings. The number of hydrogen-bond donors (Lipinski definition) is 1. The molecule has 1 aliphatic heterocycles. The molecule has 0 saturated carbocycles. The maximum atomic E-state index is 12.1. The van der Waals surface area contributed by atoms with Crippen molar-refractivity contribution >= 4 is 17.5 Å². The molecule has 1 heterocycles. The normalized spacial score (nSPS) is 16.4. The van der Waals surface area contributed by atoms with E-state index in [1.54, 1.807) is 6.07 Å². The molecule has 0 aromatic heterocycles. The lowest BCUT2D eigenvalue weighted by molar-refractivity contribution is 0.0937. The van der Waals surface area contributed by atoms with Crippen LogP contribution in [0.1, 0.15) is 28.8 Å². The molecule has 1 aromatic rings. The van der Waals surface area contributed by atoms with Gasteiger partial charge in [-0.1, -0.05) is 11.6 Å². The number of carbonyl (C=O) groups is 1. The van der Waals surface area contributed by atoms with Crippen molar-refractivity contribution in [2.45, 2.75) is 19.8 Å². The fraction of sp³-hybridized carbons (Fsp3) is 0.500. The summed E-state index contributed by atoms with van der Waals surface area (Å²) in [5.41, 5.74) is 1.60. The van der Waals surface area contributed by atoms with Crippen LogP contribution in [-0.4, -0.2) is 37.0 Å². The Morgan fingerprint density at radius 3 is 2.76 bits per heavy atom. The number of rotatable bonds is 4. The summed E-state index contributed by atoms with van der Waals surface area (Å²) in [6.07, 6.45) is 2.05. The lowest BCUT2D eigenvalue weighted by Gasteiger charge is -2.30. The van der Waals surface area contributed by atoms with Crippen molar-refractivity contribution in [3.05, 3.63) is 34.3 Å². The summed E-state index contributed by atoms with van der Waals surface area (Å²) in [7, 11) is 0. The second-order valence-corrected chi connectivity index (χ2v) is 6.04. The van der Waals surface area contributed by atoms with Gasteiger partial charge in [0.05, 0.1) is 12.6 Å². The summed E-state index contributed by atoms with van der Waals surface area (Å²) < 4.78 is 0. The minimum Gasteiger partial charge on any atom is -0.352 e. The molecule has 0 spiro atoms. The Hall–Kier alpha value is -1.57. The minimum absolute atomic E-state index is 0.0694. The zero-order chi connectivity index (χ0) is 15.2. The highest BCUT2D eigenvalue weighted by molar-refractivity contribution is 6.31. The summed E-state index contributed by atoms with van der Waals surface area (Å²) >= 11 is 5.98. The molecule has 0 unspecified atom stereocenters. The fourth-order valence-electron chi connectivity index (χ4n) is 2.66. The third kappa shape index (κ3) is 4.73. The molecular weight excluding hydrogens is 286 g/mol. The van der Waals surface area contributed by atoms with Crippen molar-refractivity contribution in [2.24, 2.45) is 5.92 Å². The molecule has 1 aliphatic rings. The number of amides is 1. The predicted molar refractivity (Wildman–Crippen MR) is 83.3 cm³/mol.